The second-order valence-electron chi connectivity index (χ2n) is 19.7. The van der Waals surface area contributed by atoms with E-state index in [0.29, 0.717) is 12.8 Å². The van der Waals surface area contributed by atoms with Gasteiger partial charge in [-0.3, -0.25) is 13.8 Å². The number of epoxide rings is 1. The van der Waals surface area contributed by atoms with Crippen LogP contribution in [0.4, 0.5) is 0 Å². The van der Waals surface area contributed by atoms with E-state index in [1.165, 1.54) is 52.1 Å². The summed E-state index contributed by atoms with van der Waals surface area (Å²) >= 11 is 0. The zero-order valence-corrected chi connectivity index (χ0v) is 42.2. The van der Waals surface area contributed by atoms with Gasteiger partial charge in [0.2, 0.25) is 10.4 Å². The number of aliphatic hydroxyl groups is 3. The van der Waals surface area contributed by atoms with Gasteiger partial charge in [-0.1, -0.05) is 92.4 Å². The molecule has 4 heterocycles. The van der Waals surface area contributed by atoms with Gasteiger partial charge in [-0.2, -0.15) is 0 Å². The highest BCUT2D eigenvalue weighted by atomic mass is 32.3. The quantitative estimate of drug-likeness (QED) is 0.0521. The number of carbonyl (C=O) groups excluding carboxylic acids is 2. The number of methoxy groups -OCH3 is 1. The van der Waals surface area contributed by atoms with E-state index in [4.69, 9.17) is 33.2 Å². The molecule has 4 aliphatic rings. The normalized spacial score (nSPS) is 39.9. The zero-order valence-electron chi connectivity index (χ0n) is 41.4. The number of carbonyl (C=O) groups is 2. The van der Waals surface area contributed by atoms with E-state index < -0.39 is 107 Å². The van der Waals surface area contributed by atoms with Crippen molar-refractivity contribution >= 4 is 22.2 Å². The predicted molar refractivity (Wildman–Crippen MR) is 241 cm³/mol. The van der Waals surface area contributed by atoms with Crippen LogP contribution in [0.3, 0.4) is 0 Å². The molecule has 4 fully saturated rings. The van der Waals surface area contributed by atoms with Crippen LogP contribution in [0.1, 0.15) is 146 Å². The maximum atomic E-state index is 13.9. The highest BCUT2D eigenvalue weighted by Crippen LogP contribution is 2.43. The minimum absolute atomic E-state index is 0.0301. The maximum absolute atomic E-state index is 13.9. The molecule has 0 unspecified atom stereocenters. The van der Waals surface area contributed by atoms with E-state index in [2.05, 4.69) is 11.1 Å². The van der Waals surface area contributed by atoms with Gasteiger partial charge in [0.15, 0.2) is 24.0 Å². The van der Waals surface area contributed by atoms with Gasteiger partial charge in [-0.15, -0.1) is 0 Å². The van der Waals surface area contributed by atoms with Gasteiger partial charge in [0, 0.05) is 37.3 Å². The predicted octanol–water partition coefficient (Wildman–Crippen LogP) is 5.29. The molecular formula is C47H86NO16S-. The molecule has 0 aromatic rings. The summed E-state index contributed by atoms with van der Waals surface area (Å²) in [6.45, 7) is 16.9. The molecule has 0 aromatic heterocycles. The first kappa shape index (κ1) is 57.9. The highest BCUT2D eigenvalue weighted by Gasteiger charge is 2.57. The fourth-order valence-electron chi connectivity index (χ4n) is 9.64. The van der Waals surface area contributed by atoms with Crippen LogP contribution in [-0.2, 0) is 57.3 Å². The molecule has 3 N–H and O–H groups in total. The van der Waals surface area contributed by atoms with Crippen molar-refractivity contribution in [1.82, 2.24) is 4.90 Å². The van der Waals surface area contributed by atoms with E-state index in [1.54, 1.807) is 34.6 Å². The van der Waals surface area contributed by atoms with Crippen LogP contribution < -0.4 is 0 Å². The Morgan fingerprint density at radius 1 is 0.754 bits per heavy atom. The number of ketones is 1. The number of likely N-dealkylation sites (N-methyl/N-ethyl adjacent to an activating group) is 1. The monoisotopic (exact) mass is 953 g/mol. The molecule has 4 aliphatic heterocycles. The van der Waals surface area contributed by atoms with E-state index in [9.17, 15) is 37.9 Å². The minimum atomic E-state index is -4.48. The van der Waals surface area contributed by atoms with Crippen molar-refractivity contribution in [3.8, 4) is 0 Å². The first-order chi connectivity index (χ1) is 30.5. The van der Waals surface area contributed by atoms with Gasteiger partial charge in [-0.25, -0.2) is 8.42 Å². The maximum Gasteiger partial charge on any atom is 0.311 e. The number of nitrogens with zero attached hydrogens (tertiary/aromatic N) is 1. The van der Waals surface area contributed by atoms with E-state index >= 15 is 0 Å². The van der Waals surface area contributed by atoms with Crippen LogP contribution in [0.5, 0.6) is 0 Å². The summed E-state index contributed by atoms with van der Waals surface area (Å²) in [6, 6.07) is -0.219. The Hall–Kier alpha value is -1.39. The molecule has 0 saturated carbocycles. The van der Waals surface area contributed by atoms with Gasteiger partial charge in [0.1, 0.15) is 18.3 Å². The standard InChI is InChI=1S/C35H61NO12.C12H26O4S/c1-16-14-35(15-43-35)32(40)19(4)27(37)18(3)22(7)46-33(41)21(6)31(47-26-13-25(42-11)28(38)23(8)45-26)20(5)30(16)48-34-29(39)24(36(9)10)12-17(2)44-34;1-2-3-4-5-6-7-8-9-10-11-12-16-17(13,14)15/h16-31,34,37-39H,12-15H2,1-11H3;2-12H2,1H3,(H,13,14,15)/p-1/t16-,17+,18-,19+,20+,21+,22+,23-,24-,25-,26-,27-,28-,29+,30-,31-,34-,35-;/m0./s1. The average molecular weight is 953 g/mol. The lowest BCUT2D eigenvalue weighted by atomic mass is 9.76. The number of ether oxygens (including phenoxy) is 7. The van der Waals surface area contributed by atoms with Crippen LogP contribution in [0, 0.1) is 29.6 Å². The van der Waals surface area contributed by atoms with Crippen molar-refractivity contribution in [2.45, 2.75) is 225 Å². The molecule has 382 valence electrons. The van der Waals surface area contributed by atoms with Crippen LogP contribution in [0.25, 0.3) is 0 Å². The van der Waals surface area contributed by atoms with E-state index in [-0.39, 0.29) is 49.9 Å². The molecule has 0 radical (unpaired) electrons. The molecule has 18 atom stereocenters. The summed E-state index contributed by atoms with van der Waals surface area (Å²) in [6.07, 6.45) is 4.55. The number of cyclic esters (lactones) is 1. The highest BCUT2D eigenvalue weighted by molar-refractivity contribution is 7.80. The Balaban J connectivity index is 0.000000558. The van der Waals surface area contributed by atoms with E-state index in [1.807, 2.05) is 39.8 Å². The Morgan fingerprint density at radius 2 is 1.34 bits per heavy atom. The molecule has 18 heteroatoms. The van der Waals surface area contributed by atoms with E-state index in [0.717, 1.165) is 12.8 Å². The Kier molecular flexibility index (Phi) is 24.2. The lowest BCUT2D eigenvalue weighted by molar-refractivity contribution is -0.299. The SMILES string of the molecule is CCCCCCCCCCCCOS(=O)(=O)[O-].CO[C@H]1C[C@H](O[C@H]2[C@H](C)[C@@H](O[C@@H]3O[C@H](C)C[C@H](N(C)C)[C@H]3O)[C@@H](C)C[C@]3(CO3)C(=O)[C@H](C)[C@@H](O)[C@@H](C)[C@@H](C)OC(=O)[C@@H]2C)O[C@@H](C)[C@@H]1O. The third-order valence-electron chi connectivity index (χ3n) is 14.1. The fraction of sp³-hybridized carbons (Fsp3) is 0.957. The smallest absolute Gasteiger partial charge is 0.311 e. The number of hydrogen-bond acceptors (Lipinski definition) is 17. The van der Waals surface area contributed by atoms with Crippen LogP contribution >= 0.6 is 0 Å². The summed E-state index contributed by atoms with van der Waals surface area (Å²) in [4.78, 5) is 29.7. The zero-order chi connectivity index (χ0) is 48.8. The third kappa shape index (κ3) is 17.5. The van der Waals surface area contributed by atoms with Gasteiger partial charge in [0.05, 0.1) is 55.8 Å². The lowest BCUT2D eigenvalue weighted by Gasteiger charge is -2.46. The summed E-state index contributed by atoms with van der Waals surface area (Å²) in [7, 11) is 0.839. The molecule has 0 bridgehead atoms. The first-order valence-electron chi connectivity index (χ1n) is 24.3. The summed E-state index contributed by atoms with van der Waals surface area (Å²) in [5, 5.41) is 33.3. The number of unbranched alkanes of at least 4 members (excludes halogenated alkanes) is 9. The molecule has 4 saturated heterocycles. The van der Waals surface area contributed by atoms with Crippen molar-refractivity contribution in [3.05, 3.63) is 0 Å². The Morgan fingerprint density at radius 3 is 1.88 bits per heavy atom. The van der Waals surface area contributed by atoms with Gasteiger partial charge >= 0.3 is 5.97 Å². The topological polar surface area (TPSA) is 232 Å². The van der Waals surface area contributed by atoms with Crippen molar-refractivity contribution in [3.63, 3.8) is 0 Å². The second kappa shape index (κ2) is 27.1. The molecule has 65 heavy (non-hydrogen) atoms. The molecule has 0 aliphatic carbocycles. The Labute approximate surface area is 390 Å². The van der Waals surface area contributed by atoms with Gasteiger partial charge in [-0.05, 0) is 67.0 Å². The van der Waals surface area contributed by atoms with Gasteiger partial charge < -0.3 is 57.9 Å². The lowest BCUT2D eigenvalue weighted by Crippen LogP contribution is -2.57. The van der Waals surface area contributed by atoms with Crippen LogP contribution in [-0.4, -0.2) is 159 Å². The van der Waals surface area contributed by atoms with Gasteiger partial charge in [0.25, 0.3) is 0 Å². The minimum Gasteiger partial charge on any atom is -0.726 e. The summed E-state index contributed by atoms with van der Waals surface area (Å²) in [5.41, 5.74) is -1.10. The summed E-state index contributed by atoms with van der Waals surface area (Å²) < 4.78 is 77.5. The number of esters is 1. The number of hydrogen-bond donors (Lipinski definition) is 3. The first-order valence-corrected chi connectivity index (χ1v) is 25.7. The van der Waals surface area contributed by atoms with Crippen LogP contribution in [0.2, 0.25) is 0 Å². The van der Waals surface area contributed by atoms with Crippen molar-refractivity contribution in [2.24, 2.45) is 29.6 Å². The molecular weight excluding hydrogens is 867 g/mol. The number of rotatable bonds is 18. The third-order valence-corrected chi connectivity index (χ3v) is 14.6. The molecule has 0 amide bonds. The number of Topliss-reactive ketones (excluding diaryl/α,β-unsaturated/α-hetero) is 1. The van der Waals surface area contributed by atoms with Crippen molar-refractivity contribution in [2.75, 3.05) is 34.4 Å². The van der Waals surface area contributed by atoms with Crippen molar-refractivity contribution in [1.29, 1.82) is 0 Å². The largest absolute Gasteiger partial charge is 0.726 e. The Bertz CT molecular complexity index is 1520. The number of aliphatic hydroxyl groups excluding tert-OH is 3. The molecule has 0 aromatic carbocycles. The summed E-state index contributed by atoms with van der Waals surface area (Å²) in [5.74, 6) is -3.74. The van der Waals surface area contributed by atoms with Crippen molar-refractivity contribution < 1.29 is 75.2 Å². The molecule has 1 spiro atoms. The second-order valence-corrected chi connectivity index (χ2v) is 20.8. The average Bonchev–Trinajstić information content (AvgIpc) is 4.03. The van der Waals surface area contributed by atoms with Crippen LogP contribution in [0.15, 0.2) is 0 Å². The molecule has 4 rings (SSSR count). The fourth-order valence-corrected chi connectivity index (χ4v) is 9.97. The molecule has 17 nitrogen and oxygen atoms in total.